The largest absolute Gasteiger partial charge is 0.355 e. The number of aryl methyl sites for hydroxylation is 1. The number of fused-ring (bicyclic) bond motifs is 3. The van der Waals surface area contributed by atoms with Gasteiger partial charge in [0.15, 0.2) is 0 Å². The number of hydrogen-bond donors (Lipinski definition) is 1. The maximum Gasteiger partial charge on any atom is 0.253 e. The molecule has 3 aromatic carbocycles. The van der Waals surface area contributed by atoms with Crippen LogP contribution in [0.25, 0.3) is 21.7 Å². The van der Waals surface area contributed by atoms with Gasteiger partial charge in [0.2, 0.25) is 0 Å². The van der Waals surface area contributed by atoms with Crippen LogP contribution in [-0.2, 0) is 0 Å². The first-order valence-corrected chi connectivity index (χ1v) is 10.6. The van der Waals surface area contributed by atoms with E-state index >= 15 is 0 Å². The molecule has 0 aliphatic carbocycles. The van der Waals surface area contributed by atoms with E-state index in [4.69, 9.17) is 4.98 Å². The van der Waals surface area contributed by atoms with E-state index in [9.17, 15) is 4.79 Å². The van der Waals surface area contributed by atoms with Crippen molar-refractivity contribution < 1.29 is 4.79 Å². The van der Waals surface area contributed by atoms with Gasteiger partial charge in [-0.25, -0.2) is 0 Å². The van der Waals surface area contributed by atoms with Crippen LogP contribution >= 0.6 is 0 Å². The molecule has 0 atom stereocenters. The van der Waals surface area contributed by atoms with Crippen LogP contribution in [0, 0.1) is 6.92 Å². The molecule has 1 aromatic heterocycles. The van der Waals surface area contributed by atoms with Crippen molar-refractivity contribution in [2.24, 2.45) is 0 Å². The van der Waals surface area contributed by atoms with Crippen molar-refractivity contribution >= 4 is 39.0 Å². The lowest BCUT2D eigenvalue weighted by Crippen LogP contribution is -2.35. The minimum atomic E-state index is 0.137. The first kappa shape index (κ1) is 18.6. The Morgan fingerprint density at radius 2 is 1.67 bits per heavy atom. The molecule has 1 N–H and O–H groups in total. The summed E-state index contributed by atoms with van der Waals surface area (Å²) in [6.07, 6.45) is 3.43. The molecule has 4 heteroatoms. The zero-order chi connectivity index (χ0) is 20.5. The van der Waals surface area contributed by atoms with E-state index in [1.54, 1.807) is 0 Å². The van der Waals surface area contributed by atoms with Crippen molar-refractivity contribution in [2.75, 3.05) is 18.4 Å². The Kier molecular flexibility index (Phi) is 4.83. The van der Waals surface area contributed by atoms with Crippen molar-refractivity contribution in [3.63, 3.8) is 0 Å². The van der Waals surface area contributed by atoms with Gasteiger partial charge in [0.1, 0.15) is 0 Å². The third-order valence-corrected chi connectivity index (χ3v) is 5.89. The molecule has 1 saturated heterocycles. The molecule has 2 heterocycles. The topological polar surface area (TPSA) is 45.2 Å². The molecule has 0 unspecified atom stereocenters. The average molecular weight is 396 g/mol. The normalized spacial score (nSPS) is 14.2. The SMILES string of the molecule is Cc1cc(Nc2ccc(C(=O)N3CCCCC3)cc2)c2ccc3ccccc3c2n1. The van der Waals surface area contributed by atoms with E-state index in [0.29, 0.717) is 0 Å². The molecule has 1 amide bonds. The van der Waals surface area contributed by atoms with Gasteiger partial charge in [-0.3, -0.25) is 9.78 Å². The van der Waals surface area contributed by atoms with Crippen molar-refractivity contribution in [2.45, 2.75) is 26.2 Å². The molecule has 4 aromatic rings. The van der Waals surface area contributed by atoms with E-state index < -0.39 is 0 Å². The number of carbonyl (C=O) groups is 1. The molecule has 4 nitrogen and oxygen atoms in total. The Morgan fingerprint density at radius 3 is 2.47 bits per heavy atom. The number of nitrogens with one attached hydrogen (secondary N) is 1. The quantitative estimate of drug-likeness (QED) is 0.429. The van der Waals surface area contributed by atoms with Crippen molar-refractivity contribution in [1.29, 1.82) is 0 Å². The van der Waals surface area contributed by atoms with Crippen molar-refractivity contribution in [1.82, 2.24) is 9.88 Å². The predicted octanol–water partition coefficient (Wildman–Crippen LogP) is 6.07. The van der Waals surface area contributed by atoms with Crippen molar-refractivity contribution in [3.05, 3.63) is 78.0 Å². The highest BCUT2D eigenvalue weighted by atomic mass is 16.2. The van der Waals surface area contributed by atoms with Crippen LogP contribution in [0.4, 0.5) is 11.4 Å². The highest BCUT2D eigenvalue weighted by molar-refractivity contribution is 6.09. The van der Waals surface area contributed by atoms with Crippen LogP contribution in [-0.4, -0.2) is 28.9 Å². The number of piperidine rings is 1. The van der Waals surface area contributed by atoms with Crippen LogP contribution in [0.15, 0.2) is 66.7 Å². The summed E-state index contributed by atoms with van der Waals surface area (Å²) in [5.74, 6) is 0.137. The first-order valence-electron chi connectivity index (χ1n) is 10.6. The number of benzene rings is 3. The zero-order valence-electron chi connectivity index (χ0n) is 17.2. The lowest BCUT2D eigenvalue weighted by molar-refractivity contribution is 0.0724. The van der Waals surface area contributed by atoms with Gasteiger partial charge < -0.3 is 10.2 Å². The number of likely N-dealkylation sites (tertiary alicyclic amines) is 1. The van der Waals surface area contributed by atoms with E-state index in [1.165, 1.54) is 11.8 Å². The smallest absolute Gasteiger partial charge is 0.253 e. The molecule has 0 saturated carbocycles. The molecule has 30 heavy (non-hydrogen) atoms. The fourth-order valence-corrected chi connectivity index (χ4v) is 4.32. The van der Waals surface area contributed by atoms with Gasteiger partial charge in [-0.05, 0) is 61.9 Å². The van der Waals surface area contributed by atoms with Crippen LogP contribution in [0.1, 0.15) is 35.3 Å². The molecule has 5 rings (SSSR count). The average Bonchev–Trinajstić information content (AvgIpc) is 2.79. The molecule has 150 valence electrons. The summed E-state index contributed by atoms with van der Waals surface area (Å²) >= 11 is 0. The molecular formula is C26H25N3O. The van der Waals surface area contributed by atoms with Gasteiger partial charge in [-0.1, -0.05) is 36.4 Å². The number of aromatic nitrogens is 1. The lowest BCUT2D eigenvalue weighted by Gasteiger charge is -2.26. The molecule has 0 spiro atoms. The number of amides is 1. The van der Waals surface area contributed by atoms with Gasteiger partial charge in [-0.15, -0.1) is 0 Å². The molecule has 1 aliphatic rings. The van der Waals surface area contributed by atoms with Gasteiger partial charge in [0.25, 0.3) is 5.91 Å². The zero-order valence-corrected chi connectivity index (χ0v) is 17.2. The Bertz CT molecular complexity index is 1220. The predicted molar refractivity (Wildman–Crippen MR) is 123 cm³/mol. The second-order valence-corrected chi connectivity index (χ2v) is 8.05. The Labute approximate surface area is 176 Å². The molecule has 0 radical (unpaired) electrons. The third kappa shape index (κ3) is 3.50. The Morgan fingerprint density at radius 1 is 0.900 bits per heavy atom. The summed E-state index contributed by atoms with van der Waals surface area (Å²) in [4.78, 5) is 19.5. The molecular weight excluding hydrogens is 370 g/mol. The number of carbonyl (C=O) groups excluding carboxylic acids is 1. The minimum Gasteiger partial charge on any atom is -0.355 e. The summed E-state index contributed by atoms with van der Waals surface area (Å²) in [7, 11) is 0. The number of pyridine rings is 1. The van der Waals surface area contributed by atoms with Crippen LogP contribution in [0.5, 0.6) is 0 Å². The summed E-state index contributed by atoms with van der Waals surface area (Å²) in [5, 5.41) is 6.97. The standard InChI is InChI=1S/C26H25N3O/c1-18-17-24(23-14-11-19-7-3-4-8-22(19)25(23)27-18)28-21-12-9-20(10-13-21)26(30)29-15-5-2-6-16-29/h3-4,7-14,17H,2,5-6,15-16H2,1H3,(H,27,28). The summed E-state index contributed by atoms with van der Waals surface area (Å²) < 4.78 is 0. The van der Waals surface area contributed by atoms with E-state index in [0.717, 1.165) is 64.9 Å². The van der Waals surface area contributed by atoms with E-state index in [1.807, 2.05) is 36.1 Å². The summed E-state index contributed by atoms with van der Waals surface area (Å²) in [5.41, 5.74) is 4.72. The van der Waals surface area contributed by atoms with Gasteiger partial charge in [-0.2, -0.15) is 0 Å². The second kappa shape index (κ2) is 7.79. The number of anilines is 2. The van der Waals surface area contributed by atoms with Crippen molar-refractivity contribution in [3.8, 4) is 0 Å². The molecule has 1 aliphatic heterocycles. The number of rotatable bonds is 3. The fourth-order valence-electron chi connectivity index (χ4n) is 4.32. The van der Waals surface area contributed by atoms with E-state index in [2.05, 4.69) is 47.8 Å². The van der Waals surface area contributed by atoms with Gasteiger partial charge >= 0.3 is 0 Å². The van der Waals surface area contributed by atoms with Crippen LogP contribution < -0.4 is 5.32 Å². The first-order chi connectivity index (χ1) is 14.7. The Balaban J connectivity index is 1.45. The van der Waals surface area contributed by atoms with E-state index in [-0.39, 0.29) is 5.91 Å². The maximum absolute atomic E-state index is 12.7. The fraction of sp³-hybridized carbons (Fsp3) is 0.231. The number of nitrogens with zero attached hydrogens (tertiary/aromatic N) is 2. The monoisotopic (exact) mass is 395 g/mol. The highest BCUT2D eigenvalue weighted by Gasteiger charge is 2.18. The van der Waals surface area contributed by atoms with Gasteiger partial charge in [0, 0.05) is 46.5 Å². The minimum absolute atomic E-state index is 0.137. The highest BCUT2D eigenvalue weighted by Crippen LogP contribution is 2.31. The lowest BCUT2D eigenvalue weighted by atomic mass is 10.0. The molecule has 0 bridgehead atoms. The number of hydrogen-bond acceptors (Lipinski definition) is 3. The Hall–Kier alpha value is -3.40. The van der Waals surface area contributed by atoms with Gasteiger partial charge in [0.05, 0.1) is 5.52 Å². The summed E-state index contributed by atoms with van der Waals surface area (Å²) in [6, 6.07) is 22.5. The second-order valence-electron chi connectivity index (χ2n) is 8.05. The van der Waals surface area contributed by atoms with Crippen LogP contribution in [0.2, 0.25) is 0 Å². The maximum atomic E-state index is 12.7. The third-order valence-electron chi connectivity index (χ3n) is 5.89. The molecule has 1 fully saturated rings. The van der Waals surface area contributed by atoms with Crippen LogP contribution in [0.3, 0.4) is 0 Å². The summed E-state index contributed by atoms with van der Waals surface area (Å²) in [6.45, 7) is 3.76.